The molecule has 180 valence electrons. The van der Waals surface area contributed by atoms with E-state index in [1.165, 1.54) is 0 Å². The molecular weight excluding hydrogens is 458 g/mol. The maximum Gasteiger partial charge on any atom is 0.262 e. The van der Waals surface area contributed by atoms with Crippen LogP contribution in [0.3, 0.4) is 0 Å². The van der Waals surface area contributed by atoms with Crippen LogP contribution in [0, 0.1) is 0 Å². The molecule has 2 aliphatic rings. The zero-order valence-electron chi connectivity index (χ0n) is 19.9. The lowest BCUT2D eigenvalue weighted by Crippen LogP contribution is -2.28. The Hall–Kier alpha value is -4.46. The fourth-order valence-corrected chi connectivity index (χ4v) is 5.52. The van der Waals surface area contributed by atoms with E-state index in [1.54, 1.807) is 14.2 Å². The summed E-state index contributed by atoms with van der Waals surface area (Å²) in [7, 11) is 3.14. The van der Waals surface area contributed by atoms with Crippen molar-refractivity contribution in [2.45, 2.75) is 19.4 Å². The maximum atomic E-state index is 14.0. The highest BCUT2D eigenvalue weighted by molar-refractivity contribution is 5.97. The number of H-pyrrole nitrogens is 1. The Labute approximate surface area is 206 Å². The third kappa shape index (κ3) is 2.94. The van der Waals surface area contributed by atoms with E-state index < -0.39 is 0 Å². The summed E-state index contributed by atoms with van der Waals surface area (Å²) in [5.74, 6) is 3.23. The minimum atomic E-state index is -0.104. The zero-order valence-corrected chi connectivity index (χ0v) is 19.9. The highest BCUT2D eigenvalue weighted by atomic mass is 16.7. The molecule has 0 radical (unpaired) electrons. The number of nitrogens with zero attached hydrogens (tertiary/aromatic N) is 2. The Morgan fingerprint density at radius 1 is 1.06 bits per heavy atom. The number of methoxy groups -OCH3 is 2. The molecule has 0 saturated carbocycles. The molecule has 5 aromatic rings. The van der Waals surface area contributed by atoms with Crippen molar-refractivity contribution < 1.29 is 18.9 Å². The van der Waals surface area contributed by atoms with Crippen LogP contribution in [0.2, 0.25) is 0 Å². The largest absolute Gasteiger partial charge is 0.493 e. The normalized spacial score (nSPS) is 13.6. The second-order valence-corrected chi connectivity index (χ2v) is 9.00. The van der Waals surface area contributed by atoms with Gasteiger partial charge in [0.15, 0.2) is 23.0 Å². The van der Waals surface area contributed by atoms with Crippen molar-refractivity contribution in [3.63, 3.8) is 0 Å². The van der Waals surface area contributed by atoms with E-state index in [2.05, 4.69) is 4.98 Å². The smallest absolute Gasteiger partial charge is 0.262 e. The summed E-state index contributed by atoms with van der Waals surface area (Å²) in [6.07, 6.45) is 1.21. The lowest BCUT2D eigenvalue weighted by atomic mass is 9.89. The van der Waals surface area contributed by atoms with Gasteiger partial charge in [0.05, 0.1) is 36.3 Å². The lowest BCUT2D eigenvalue weighted by molar-refractivity contribution is 0.174. The molecule has 2 aromatic heterocycles. The molecule has 8 heteroatoms. The number of benzene rings is 3. The molecule has 2 aliphatic heterocycles. The average molecular weight is 482 g/mol. The van der Waals surface area contributed by atoms with Gasteiger partial charge in [-0.2, -0.15) is 0 Å². The van der Waals surface area contributed by atoms with Gasteiger partial charge >= 0.3 is 0 Å². The number of aromatic amines is 1. The van der Waals surface area contributed by atoms with Crippen molar-refractivity contribution in [2.24, 2.45) is 0 Å². The number of nitrogens with one attached hydrogen (secondary N) is 1. The van der Waals surface area contributed by atoms with E-state index in [1.807, 2.05) is 53.1 Å². The van der Waals surface area contributed by atoms with Crippen molar-refractivity contribution in [3.8, 4) is 34.3 Å². The van der Waals surface area contributed by atoms with Gasteiger partial charge < -0.3 is 28.5 Å². The van der Waals surface area contributed by atoms with Crippen LogP contribution >= 0.6 is 0 Å². The van der Waals surface area contributed by atoms with Crippen LogP contribution in [0.4, 0.5) is 0 Å². The van der Waals surface area contributed by atoms with Crippen molar-refractivity contribution in [1.29, 1.82) is 0 Å². The molecule has 0 fully saturated rings. The van der Waals surface area contributed by atoms with Crippen molar-refractivity contribution in [3.05, 3.63) is 75.8 Å². The Balaban J connectivity index is 1.56. The number of para-hydroxylation sites is 2. The summed E-state index contributed by atoms with van der Waals surface area (Å²) in [5.41, 5.74) is 5.75. The first kappa shape index (κ1) is 20.9. The monoisotopic (exact) mass is 481 g/mol. The number of fused-ring (bicyclic) bond motifs is 6. The maximum absolute atomic E-state index is 14.0. The van der Waals surface area contributed by atoms with Gasteiger partial charge in [-0.15, -0.1) is 0 Å². The first-order valence-corrected chi connectivity index (χ1v) is 11.8. The standard InChI is InChI=1S/C28H23N3O5/c1-33-21-8-7-16-18(13-24-29-19-5-3-4-6-20(19)30-24)26-17-12-23-22(35-14-36-23)11-15(17)9-10-31(26)28(32)25(16)27(21)34-2/h3-8,11-12H,9-10,13-14H2,1-2H3,(H,29,30). The average Bonchev–Trinajstić information content (AvgIpc) is 3.54. The Bertz CT molecular complexity index is 1720. The number of pyridine rings is 1. The fourth-order valence-electron chi connectivity index (χ4n) is 5.52. The molecule has 1 N–H and O–H groups in total. The summed E-state index contributed by atoms with van der Waals surface area (Å²) in [6.45, 7) is 0.746. The van der Waals surface area contributed by atoms with Crippen LogP contribution in [0.5, 0.6) is 23.0 Å². The van der Waals surface area contributed by atoms with Gasteiger partial charge in [-0.25, -0.2) is 4.98 Å². The SMILES string of the molecule is COc1ccc2c(Cc3nc4ccccc4[nH]3)c3n(c(=O)c2c1OC)CCc1cc2c(cc1-3)OCO2. The van der Waals surface area contributed by atoms with Gasteiger partial charge in [-0.05, 0) is 59.3 Å². The van der Waals surface area contributed by atoms with Crippen molar-refractivity contribution in [1.82, 2.24) is 14.5 Å². The predicted molar refractivity (Wildman–Crippen MR) is 135 cm³/mol. The highest BCUT2D eigenvalue weighted by Gasteiger charge is 2.29. The van der Waals surface area contributed by atoms with Gasteiger partial charge in [-0.1, -0.05) is 12.1 Å². The molecule has 4 heterocycles. The predicted octanol–water partition coefficient (Wildman–Crippen LogP) is 4.44. The summed E-state index contributed by atoms with van der Waals surface area (Å²) >= 11 is 0. The Morgan fingerprint density at radius 3 is 2.69 bits per heavy atom. The Morgan fingerprint density at radius 2 is 1.89 bits per heavy atom. The van der Waals surface area contributed by atoms with Crippen LogP contribution in [0.1, 0.15) is 17.0 Å². The molecule has 0 spiro atoms. The van der Waals surface area contributed by atoms with E-state index in [0.717, 1.165) is 50.4 Å². The molecule has 0 bridgehead atoms. The first-order valence-electron chi connectivity index (χ1n) is 11.8. The zero-order chi connectivity index (χ0) is 24.4. The molecule has 0 amide bonds. The van der Waals surface area contributed by atoms with E-state index in [0.29, 0.717) is 42.0 Å². The van der Waals surface area contributed by atoms with E-state index in [9.17, 15) is 4.79 Å². The topological polar surface area (TPSA) is 87.6 Å². The van der Waals surface area contributed by atoms with Gasteiger partial charge in [-0.3, -0.25) is 4.79 Å². The molecule has 0 saturated heterocycles. The molecule has 8 nitrogen and oxygen atoms in total. The number of rotatable bonds is 4. The summed E-state index contributed by atoms with van der Waals surface area (Å²) in [4.78, 5) is 22.2. The molecule has 0 atom stereocenters. The number of aryl methyl sites for hydroxylation is 1. The number of hydrogen-bond donors (Lipinski definition) is 1. The third-order valence-corrected chi connectivity index (χ3v) is 7.13. The van der Waals surface area contributed by atoms with Crippen LogP contribution in [0.25, 0.3) is 33.1 Å². The van der Waals surface area contributed by atoms with Crippen molar-refractivity contribution in [2.75, 3.05) is 21.0 Å². The third-order valence-electron chi connectivity index (χ3n) is 7.13. The molecule has 0 aliphatic carbocycles. The number of hydrogen-bond acceptors (Lipinski definition) is 6. The van der Waals surface area contributed by atoms with E-state index in [-0.39, 0.29) is 12.4 Å². The van der Waals surface area contributed by atoms with Crippen LogP contribution in [0.15, 0.2) is 53.3 Å². The fraction of sp³-hybridized carbons (Fsp3) is 0.214. The minimum absolute atomic E-state index is 0.104. The van der Waals surface area contributed by atoms with Crippen LogP contribution < -0.4 is 24.5 Å². The van der Waals surface area contributed by atoms with Gasteiger partial charge in [0.25, 0.3) is 5.56 Å². The molecule has 36 heavy (non-hydrogen) atoms. The molecular formula is C28H23N3O5. The number of aromatic nitrogens is 3. The first-order chi connectivity index (χ1) is 17.7. The lowest BCUT2D eigenvalue weighted by Gasteiger charge is -2.26. The minimum Gasteiger partial charge on any atom is -0.493 e. The van der Waals surface area contributed by atoms with Crippen molar-refractivity contribution >= 4 is 21.8 Å². The quantitative estimate of drug-likeness (QED) is 0.409. The second kappa shape index (κ2) is 7.78. The van der Waals surface area contributed by atoms with E-state index in [4.69, 9.17) is 23.9 Å². The number of ether oxygens (including phenoxy) is 4. The van der Waals surface area contributed by atoms with Crippen LogP contribution in [-0.2, 0) is 19.4 Å². The highest BCUT2D eigenvalue weighted by Crippen LogP contribution is 2.44. The molecule has 0 unspecified atom stereocenters. The van der Waals surface area contributed by atoms with E-state index >= 15 is 0 Å². The van der Waals surface area contributed by atoms with Gasteiger partial charge in [0, 0.05) is 18.5 Å². The number of imidazole rings is 1. The van der Waals surface area contributed by atoms with Crippen LogP contribution in [-0.4, -0.2) is 35.5 Å². The Kier molecular flexibility index (Phi) is 4.51. The second-order valence-electron chi connectivity index (χ2n) is 9.00. The molecule has 7 rings (SSSR count). The summed E-state index contributed by atoms with van der Waals surface area (Å²) in [6, 6.07) is 15.8. The molecule has 3 aromatic carbocycles. The van der Waals surface area contributed by atoms with Gasteiger partial charge in [0.1, 0.15) is 5.82 Å². The van der Waals surface area contributed by atoms with Gasteiger partial charge in [0.2, 0.25) is 6.79 Å². The summed E-state index contributed by atoms with van der Waals surface area (Å²) < 4.78 is 24.4. The summed E-state index contributed by atoms with van der Waals surface area (Å²) in [5, 5.41) is 1.32.